The van der Waals surface area contributed by atoms with E-state index in [-0.39, 0.29) is 24.2 Å². The maximum absolute atomic E-state index is 12.7. The van der Waals surface area contributed by atoms with E-state index in [0.717, 1.165) is 31.2 Å². The second-order valence-electron chi connectivity index (χ2n) is 5.80. The number of amides is 2. The molecule has 0 aliphatic heterocycles. The van der Waals surface area contributed by atoms with Crippen molar-refractivity contribution in [1.82, 2.24) is 4.90 Å². The quantitative estimate of drug-likeness (QED) is 0.874. The van der Waals surface area contributed by atoms with Gasteiger partial charge in [0.2, 0.25) is 11.8 Å². The molecule has 114 valence electrons. The monoisotopic (exact) mass is 288 g/mol. The molecule has 0 radical (unpaired) electrons. The molecule has 1 saturated carbocycles. The molecule has 1 aromatic carbocycles. The highest BCUT2D eigenvalue weighted by Gasteiger charge is 2.26. The molecule has 2 rings (SSSR count). The SMILES string of the molecule is NC(=O)CCN(Cc1ccccc1)C(=O)C1CCCCC1. The van der Waals surface area contributed by atoms with Crippen molar-refractivity contribution < 1.29 is 9.59 Å². The van der Waals surface area contributed by atoms with Crippen molar-refractivity contribution in [2.45, 2.75) is 45.1 Å². The predicted molar refractivity (Wildman–Crippen MR) is 82.2 cm³/mol. The maximum atomic E-state index is 12.7. The Morgan fingerprint density at radius 3 is 2.38 bits per heavy atom. The standard InChI is InChI=1S/C17H24N2O2/c18-16(20)11-12-19(13-14-7-3-1-4-8-14)17(21)15-9-5-2-6-10-15/h1,3-4,7-8,15H,2,5-6,9-13H2,(H2,18,20). The summed E-state index contributed by atoms with van der Waals surface area (Å²) in [6.45, 7) is 0.975. The second kappa shape index (κ2) is 7.81. The molecule has 0 bridgehead atoms. The van der Waals surface area contributed by atoms with E-state index in [1.807, 2.05) is 30.3 Å². The summed E-state index contributed by atoms with van der Waals surface area (Å²) in [5, 5.41) is 0. The van der Waals surface area contributed by atoms with Gasteiger partial charge in [-0.1, -0.05) is 49.6 Å². The number of carbonyl (C=O) groups is 2. The Morgan fingerprint density at radius 1 is 1.10 bits per heavy atom. The lowest BCUT2D eigenvalue weighted by Crippen LogP contribution is -2.38. The van der Waals surface area contributed by atoms with Crippen molar-refractivity contribution in [3.05, 3.63) is 35.9 Å². The van der Waals surface area contributed by atoms with E-state index < -0.39 is 0 Å². The first kappa shape index (κ1) is 15.5. The minimum Gasteiger partial charge on any atom is -0.370 e. The molecule has 1 fully saturated rings. The van der Waals surface area contributed by atoms with Gasteiger partial charge in [0.05, 0.1) is 0 Å². The van der Waals surface area contributed by atoms with Gasteiger partial charge in [0.25, 0.3) is 0 Å². The van der Waals surface area contributed by atoms with E-state index in [4.69, 9.17) is 5.73 Å². The van der Waals surface area contributed by atoms with Crippen molar-refractivity contribution in [3.63, 3.8) is 0 Å². The average molecular weight is 288 g/mol. The third kappa shape index (κ3) is 4.88. The van der Waals surface area contributed by atoms with Gasteiger partial charge in [0.15, 0.2) is 0 Å². The van der Waals surface area contributed by atoms with Gasteiger partial charge in [-0.2, -0.15) is 0 Å². The molecule has 1 aliphatic carbocycles. The number of nitrogens with two attached hydrogens (primary N) is 1. The highest BCUT2D eigenvalue weighted by atomic mass is 16.2. The largest absolute Gasteiger partial charge is 0.370 e. The molecule has 0 heterocycles. The Labute approximate surface area is 126 Å². The van der Waals surface area contributed by atoms with Crippen LogP contribution in [0.3, 0.4) is 0 Å². The first-order valence-electron chi connectivity index (χ1n) is 7.78. The molecule has 0 atom stereocenters. The van der Waals surface area contributed by atoms with Crippen LogP contribution in [0.1, 0.15) is 44.1 Å². The van der Waals surface area contributed by atoms with E-state index in [2.05, 4.69) is 0 Å². The zero-order valence-electron chi connectivity index (χ0n) is 12.5. The first-order valence-corrected chi connectivity index (χ1v) is 7.78. The minimum atomic E-state index is -0.357. The molecule has 4 nitrogen and oxygen atoms in total. The predicted octanol–water partition coefficient (Wildman–Crippen LogP) is 2.47. The zero-order chi connectivity index (χ0) is 15.1. The Bertz CT molecular complexity index is 467. The summed E-state index contributed by atoms with van der Waals surface area (Å²) < 4.78 is 0. The average Bonchev–Trinajstić information content (AvgIpc) is 2.52. The minimum absolute atomic E-state index is 0.121. The van der Waals surface area contributed by atoms with Crippen molar-refractivity contribution >= 4 is 11.8 Å². The van der Waals surface area contributed by atoms with Gasteiger partial charge >= 0.3 is 0 Å². The van der Waals surface area contributed by atoms with Crippen LogP contribution in [0.2, 0.25) is 0 Å². The van der Waals surface area contributed by atoms with E-state index >= 15 is 0 Å². The molecule has 0 spiro atoms. The molecule has 21 heavy (non-hydrogen) atoms. The first-order chi connectivity index (χ1) is 10.2. The number of hydrogen-bond donors (Lipinski definition) is 1. The van der Waals surface area contributed by atoms with Crippen LogP contribution in [-0.2, 0) is 16.1 Å². The lowest BCUT2D eigenvalue weighted by atomic mass is 9.88. The summed E-state index contributed by atoms with van der Waals surface area (Å²) in [6, 6.07) is 9.90. The molecule has 0 unspecified atom stereocenters. The van der Waals surface area contributed by atoms with Crippen molar-refractivity contribution in [3.8, 4) is 0 Å². The van der Waals surface area contributed by atoms with Crippen LogP contribution < -0.4 is 5.73 Å². The number of primary amides is 1. The van der Waals surface area contributed by atoms with E-state index in [1.54, 1.807) is 4.90 Å². The third-order valence-electron chi connectivity index (χ3n) is 4.11. The Kier molecular flexibility index (Phi) is 5.78. The fourth-order valence-corrected chi connectivity index (χ4v) is 2.92. The van der Waals surface area contributed by atoms with Crippen LogP contribution in [0, 0.1) is 5.92 Å². The maximum Gasteiger partial charge on any atom is 0.225 e. The molecule has 1 aromatic rings. The molecule has 4 heteroatoms. The molecule has 0 aromatic heterocycles. The highest BCUT2D eigenvalue weighted by molar-refractivity contribution is 5.80. The molecule has 0 saturated heterocycles. The summed E-state index contributed by atoms with van der Waals surface area (Å²) in [7, 11) is 0. The van der Waals surface area contributed by atoms with Crippen LogP contribution >= 0.6 is 0 Å². The van der Waals surface area contributed by atoms with Gasteiger partial charge in [-0.25, -0.2) is 0 Å². The zero-order valence-corrected chi connectivity index (χ0v) is 12.5. The molecule has 1 aliphatic rings. The van der Waals surface area contributed by atoms with Gasteiger partial charge in [-0.05, 0) is 18.4 Å². The summed E-state index contributed by atoms with van der Waals surface area (Å²) in [5.74, 6) is -0.0559. The lowest BCUT2D eigenvalue weighted by molar-refractivity contribution is -0.137. The summed E-state index contributed by atoms with van der Waals surface area (Å²) in [4.78, 5) is 25.5. The van der Waals surface area contributed by atoms with Gasteiger partial charge in [0.1, 0.15) is 0 Å². The van der Waals surface area contributed by atoms with Crippen LogP contribution in [0.15, 0.2) is 30.3 Å². The van der Waals surface area contributed by atoms with E-state index in [0.29, 0.717) is 13.1 Å². The summed E-state index contributed by atoms with van der Waals surface area (Å²) in [5.41, 5.74) is 6.32. The van der Waals surface area contributed by atoms with Crippen molar-refractivity contribution in [1.29, 1.82) is 0 Å². The van der Waals surface area contributed by atoms with Gasteiger partial charge in [-0.15, -0.1) is 0 Å². The number of carbonyl (C=O) groups excluding carboxylic acids is 2. The molecular weight excluding hydrogens is 264 g/mol. The Morgan fingerprint density at radius 2 is 1.76 bits per heavy atom. The van der Waals surface area contributed by atoms with Crippen molar-refractivity contribution in [2.24, 2.45) is 11.7 Å². The van der Waals surface area contributed by atoms with E-state index in [1.165, 1.54) is 6.42 Å². The number of nitrogens with zero attached hydrogens (tertiary/aromatic N) is 1. The van der Waals surface area contributed by atoms with Crippen molar-refractivity contribution in [2.75, 3.05) is 6.54 Å². The van der Waals surface area contributed by atoms with Crippen LogP contribution in [0.25, 0.3) is 0 Å². The topological polar surface area (TPSA) is 63.4 Å². The van der Waals surface area contributed by atoms with Gasteiger partial charge in [0, 0.05) is 25.4 Å². The summed E-state index contributed by atoms with van der Waals surface area (Å²) >= 11 is 0. The van der Waals surface area contributed by atoms with E-state index in [9.17, 15) is 9.59 Å². The number of benzene rings is 1. The normalized spacial score (nSPS) is 15.6. The Balaban J connectivity index is 2.03. The lowest BCUT2D eigenvalue weighted by Gasteiger charge is -2.29. The van der Waals surface area contributed by atoms with Gasteiger partial charge in [-0.3, -0.25) is 9.59 Å². The fraction of sp³-hybridized carbons (Fsp3) is 0.529. The molecular formula is C17H24N2O2. The van der Waals surface area contributed by atoms with Gasteiger partial charge < -0.3 is 10.6 Å². The number of rotatable bonds is 6. The van der Waals surface area contributed by atoms with Crippen LogP contribution in [0.5, 0.6) is 0 Å². The van der Waals surface area contributed by atoms with Crippen LogP contribution in [0.4, 0.5) is 0 Å². The highest BCUT2D eigenvalue weighted by Crippen LogP contribution is 2.26. The summed E-state index contributed by atoms with van der Waals surface area (Å²) in [6.07, 6.45) is 5.66. The number of hydrogen-bond acceptors (Lipinski definition) is 2. The fourth-order valence-electron chi connectivity index (χ4n) is 2.92. The molecule has 2 amide bonds. The smallest absolute Gasteiger partial charge is 0.225 e. The van der Waals surface area contributed by atoms with Crippen LogP contribution in [-0.4, -0.2) is 23.3 Å². The third-order valence-corrected chi connectivity index (χ3v) is 4.11. The molecule has 2 N–H and O–H groups in total. The second-order valence-corrected chi connectivity index (χ2v) is 5.80. The Hall–Kier alpha value is -1.84.